The van der Waals surface area contributed by atoms with Crippen molar-refractivity contribution >= 4 is 12.0 Å². The zero-order chi connectivity index (χ0) is 14.5. The van der Waals surface area contributed by atoms with Crippen LogP contribution in [0, 0.1) is 5.92 Å². The summed E-state index contributed by atoms with van der Waals surface area (Å²) in [5.41, 5.74) is 0. The van der Waals surface area contributed by atoms with Crippen molar-refractivity contribution in [2.75, 3.05) is 26.4 Å². The summed E-state index contributed by atoms with van der Waals surface area (Å²) in [6.07, 6.45) is 3.74. The van der Waals surface area contributed by atoms with E-state index in [-0.39, 0.29) is 31.9 Å². The number of aliphatic carboxylic acids is 1. The molecule has 0 spiro atoms. The maximum atomic E-state index is 12.3. The molecule has 2 saturated heterocycles. The third-order valence-corrected chi connectivity index (χ3v) is 4.06. The van der Waals surface area contributed by atoms with Gasteiger partial charge in [0.25, 0.3) is 0 Å². The minimum Gasteiger partial charge on any atom is -0.481 e. The highest BCUT2D eigenvalue weighted by Gasteiger charge is 2.36. The van der Waals surface area contributed by atoms with Gasteiger partial charge in [0.15, 0.2) is 0 Å². The smallest absolute Gasteiger partial charge is 0.318 e. The van der Waals surface area contributed by atoms with Crippen LogP contribution in [0.2, 0.25) is 0 Å². The van der Waals surface area contributed by atoms with Crippen molar-refractivity contribution in [2.24, 2.45) is 5.92 Å². The molecular formula is C13H22N2O5. The lowest BCUT2D eigenvalue weighted by molar-refractivity contribution is -0.142. The number of aliphatic hydroxyl groups excluding tert-OH is 1. The molecule has 2 heterocycles. The largest absolute Gasteiger partial charge is 0.481 e. The van der Waals surface area contributed by atoms with Crippen molar-refractivity contribution in [1.29, 1.82) is 0 Å². The molecule has 0 radical (unpaired) electrons. The van der Waals surface area contributed by atoms with Crippen LogP contribution in [-0.2, 0) is 9.53 Å². The molecule has 7 nitrogen and oxygen atoms in total. The standard InChI is InChI=1S/C13H22N2O5/c16-6-9-4-2-1-3-5-15(9)13(19)14-11-8-20-7-10(11)12(17)18/h9-11,16H,1-8H2,(H,14,19)(H,17,18). The van der Waals surface area contributed by atoms with Crippen molar-refractivity contribution in [3.05, 3.63) is 0 Å². The van der Waals surface area contributed by atoms with Crippen molar-refractivity contribution in [2.45, 2.75) is 37.8 Å². The Morgan fingerprint density at radius 2 is 2.05 bits per heavy atom. The fraction of sp³-hybridized carbons (Fsp3) is 0.846. The van der Waals surface area contributed by atoms with Crippen LogP contribution >= 0.6 is 0 Å². The minimum absolute atomic E-state index is 0.0586. The van der Waals surface area contributed by atoms with Crippen LogP contribution in [0.1, 0.15) is 25.7 Å². The number of carboxylic acid groups (broad SMARTS) is 1. The number of hydrogen-bond acceptors (Lipinski definition) is 4. The second-order valence-corrected chi connectivity index (χ2v) is 5.42. The summed E-state index contributed by atoms with van der Waals surface area (Å²) >= 11 is 0. The van der Waals surface area contributed by atoms with Gasteiger partial charge in [-0.2, -0.15) is 0 Å². The van der Waals surface area contributed by atoms with Gasteiger partial charge in [0, 0.05) is 6.54 Å². The number of ether oxygens (including phenoxy) is 1. The zero-order valence-electron chi connectivity index (χ0n) is 11.5. The fourth-order valence-electron chi connectivity index (χ4n) is 2.82. The minimum atomic E-state index is -0.956. The molecule has 0 aromatic rings. The second kappa shape index (κ2) is 6.90. The van der Waals surface area contributed by atoms with E-state index in [1.54, 1.807) is 4.90 Å². The highest BCUT2D eigenvalue weighted by molar-refractivity contribution is 5.77. The molecule has 20 heavy (non-hydrogen) atoms. The first-order valence-electron chi connectivity index (χ1n) is 7.12. The number of urea groups is 1. The summed E-state index contributed by atoms with van der Waals surface area (Å²) in [5, 5.41) is 21.2. The summed E-state index contributed by atoms with van der Waals surface area (Å²) in [6, 6.07) is -0.974. The van der Waals surface area contributed by atoms with Crippen LogP contribution in [-0.4, -0.2) is 65.6 Å². The van der Waals surface area contributed by atoms with E-state index in [1.807, 2.05) is 0 Å². The highest BCUT2D eigenvalue weighted by Crippen LogP contribution is 2.18. The molecule has 2 aliphatic rings. The van der Waals surface area contributed by atoms with Gasteiger partial charge in [-0.1, -0.05) is 12.8 Å². The van der Waals surface area contributed by atoms with Crippen LogP contribution in [0.5, 0.6) is 0 Å². The quantitative estimate of drug-likeness (QED) is 0.680. The number of hydrogen-bond donors (Lipinski definition) is 3. The highest BCUT2D eigenvalue weighted by atomic mass is 16.5. The summed E-state index contributed by atoms with van der Waals surface area (Å²) < 4.78 is 5.13. The molecular weight excluding hydrogens is 264 g/mol. The van der Waals surface area contributed by atoms with Gasteiger partial charge in [-0.25, -0.2) is 4.79 Å². The number of carbonyl (C=O) groups is 2. The first-order chi connectivity index (χ1) is 9.63. The predicted molar refractivity (Wildman–Crippen MR) is 70.3 cm³/mol. The van der Waals surface area contributed by atoms with Gasteiger partial charge in [-0.05, 0) is 12.8 Å². The summed E-state index contributed by atoms with van der Waals surface area (Å²) in [6.45, 7) is 0.892. The summed E-state index contributed by atoms with van der Waals surface area (Å²) in [7, 11) is 0. The van der Waals surface area contributed by atoms with E-state index in [1.165, 1.54) is 0 Å². The number of nitrogens with zero attached hydrogens (tertiary/aromatic N) is 1. The van der Waals surface area contributed by atoms with Crippen molar-refractivity contribution < 1.29 is 24.5 Å². The topological polar surface area (TPSA) is 99.1 Å². The maximum absolute atomic E-state index is 12.3. The Kier molecular flexibility index (Phi) is 5.19. The van der Waals surface area contributed by atoms with Gasteiger partial charge in [-0.15, -0.1) is 0 Å². The molecule has 2 fully saturated rings. The van der Waals surface area contributed by atoms with Crippen LogP contribution in [0.25, 0.3) is 0 Å². The third kappa shape index (κ3) is 3.40. The number of likely N-dealkylation sites (tertiary alicyclic amines) is 1. The van der Waals surface area contributed by atoms with E-state index < -0.39 is 17.9 Å². The molecule has 2 rings (SSSR count). The van der Waals surface area contributed by atoms with Gasteiger partial charge in [0.2, 0.25) is 0 Å². The lowest BCUT2D eigenvalue weighted by Gasteiger charge is -2.30. The predicted octanol–water partition coefficient (Wildman–Crippen LogP) is 0.0325. The van der Waals surface area contributed by atoms with Crippen LogP contribution in [0.3, 0.4) is 0 Å². The Labute approximate surface area is 117 Å². The van der Waals surface area contributed by atoms with Gasteiger partial charge >= 0.3 is 12.0 Å². The van der Waals surface area contributed by atoms with Crippen molar-refractivity contribution in [3.63, 3.8) is 0 Å². The molecule has 0 saturated carbocycles. The van der Waals surface area contributed by atoms with Crippen LogP contribution in [0.4, 0.5) is 4.79 Å². The third-order valence-electron chi connectivity index (χ3n) is 4.06. The van der Waals surface area contributed by atoms with Gasteiger partial charge in [-0.3, -0.25) is 4.79 Å². The number of carbonyl (C=O) groups excluding carboxylic acids is 1. The van der Waals surface area contributed by atoms with E-state index >= 15 is 0 Å². The number of rotatable bonds is 3. The van der Waals surface area contributed by atoms with E-state index in [4.69, 9.17) is 9.84 Å². The first kappa shape index (κ1) is 15.1. The second-order valence-electron chi connectivity index (χ2n) is 5.42. The Bertz CT molecular complexity index is 363. The van der Waals surface area contributed by atoms with E-state index in [9.17, 15) is 14.7 Å². The fourth-order valence-corrected chi connectivity index (χ4v) is 2.82. The molecule has 0 aromatic carbocycles. The Hall–Kier alpha value is -1.34. The van der Waals surface area contributed by atoms with Crippen molar-refractivity contribution in [1.82, 2.24) is 10.2 Å². The molecule has 114 valence electrons. The lowest BCUT2D eigenvalue weighted by Crippen LogP contribution is -2.52. The molecule has 2 aliphatic heterocycles. The van der Waals surface area contributed by atoms with Crippen molar-refractivity contribution in [3.8, 4) is 0 Å². The van der Waals surface area contributed by atoms with Gasteiger partial charge < -0.3 is 25.2 Å². The Balaban J connectivity index is 1.97. The lowest BCUT2D eigenvalue weighted by atomic mass is 10.0. The molecule has 0 aromatic heterocycles. The summed E-state index contributed by atoms with van der Waals surface area (Å²) in [5.74, 6) is -1.65. The van der Waals surface area contributed by atoms with Gasteiger partial charge in [0.1, 0.15) is 5.92 Å². The van der Waals surface area contributed by atoms with Crippen LogP contribution < -0.4 is 5.32 Å². The average Bonchev–Trinajstić information content (AvgIpc) is 2.74. The summed E-state index contributed by atoms with van der Waals surface area (Å²) in [4.78, 5) is 25.0. The zero-order valence-corrected chi connectivity index (χ0v) is 11.5. The SMILES string of the molecule is O=C(O)C1COCC1NC(=O)N1CCCCCC1CO. The number of nitrogens with one attached hydrogen (secondary N) is 1. The maximum Gasteiger partial charge on any atom is 0.318 e. The van der Waals surface area contributed by atoms with Crippen LogP contribution in [0.15, 0.2) is 0 Å². The molecule has 3 N–H and O–H groups in total. The molecule has 2 amide bonds. The molecule has 0 bridgehead atoms. The Morgan fingerprint density at radius 1 is 1.25 bits per heavy atom. The molecule has 3 unspecified atom stereocenters. The monoisotopic (exact) mass is 286 g/mol. The normalized spacial score (nSPS) is 30.9. The number of aliphatic hydroxyl groups is 1. The average molecular weight is 286 g/mol. The van der Waals surface area contributed by atoms with Gasteiger partial charge in [0.05, 0.1) is 31.9 Å². The number of carboxylic acids is 1. The Morgan fingerprint density at radius 3 is 2.75 bits per heavy atom. The molecule has 7 heteroatoms. The van der Waals surface area contributed by atoms with E-state index in [0.717, 1.165) is 25.7 Å². The first-order valence-corrected chi connectivity index (χ1v) is 7.12. The van der Waals surface area contributed by atoms with E-state index in [2.05, 4.69) is 5.32 Å². The van der Waals surface area contributed by atoms with E-state index in [0.29, 0.717) is 6.54 Å². The molecule has 0 aliphatic carbocycles. The number of amides is 2. The molecule has 3 atom stereocenters.